The average Bonchev–Trinajstić information content (AvgIpc) is 2.77. The topological polar surface area (TPSA) is 49.9 Å². The molecular weight excluding hydrogens is 268 g/mol. The van der Waals surface area contributed by atoms with Crippen molar-refractivity contribution in [3.05, 3.63) is 47.8 Å². The highest BCUT2D eigenvalue weighted by Crippen LogP contribution is 2.25. The first-order valence-electron chi connectivity index (χ1n) is 6.83. The van der Waals surface area contributed by atoms with Gasteiger partial charge in [0.25, 0.3) is 0 Å². The molecule has 1 atom stereocenters. The molecule has 0 amide bonds. The average molecular weight is 288 g/mol. The van der Waals surface area contributed by atoms with Gasteiger partial charge in [-0.05, 0) is 5.56 Å². The number of benzene rings is 1. The van der Waals surface area contributed by atoms with Crippen molar-refractivity contribution >= 4 is 11.8 Å². The Morgan fingerprint density at radius 3 is 2.52 bits per heavy atom. The lowest BCUT2D eigenvalue weighted by molar-refractivity contribution is -0.143. The molecule has 5 heteroatoms. The van der Waals surface area contributed by atoms with E-state index in [-0.39, 0.29) is 18.2 Å². The van der Waals surface area contributed by atoms with E-state index in [0.717, 1.165) is 11.4 Å². The Balaban J connectivity index is 2.23. The lowest BCUT2D eigenvalue weighted by Gasteiger charge is -2.31. The SMILES string of the molecule is COC(=O)CC1C(=O)C=C(N(C)C)N1Cc1ccccc1. The Kier molecular flexibility index (Phi) is 4.62. The van der Waals surface area contributed by atoms with Gasteiger partial charge in [0.2, 0.25) is 0 Å². The van der Waals surface area contributed by atoms with E-state index < -0.39 is 6.04 Å². The molecule has 0 aromatic heterocycles. The normalized spacial score (nSPS) is 17.7. The summed E-state index contributed by atoms with van der Waals surface area (Å²) < 4.78 is 4.70. The van der Waals surface area contributed by atoms with Crippen LogP contribution in [0.5, 0.6) is 0 Å². The Bertz CT molecular complexity index is 552. The van der Waals surface area contributed by atoms with E-state index in [9.17, 15) is 9.59 Å². The second-order valence-corrected chi connectivity index (χ2v) is 5.21. The van der Waals surface area contributed by atoms with Crippen molar-refractivity contribution in [2.75, 3.05) is 21.2 Å². The van der Waals surface area contributed by atoms with E-state index >= 15 is 0 Å². The zero-order valence-electron chi connectivity index (χ0n) is 12.6. The van der Waals surface area contributed by atoms with E-state index in [1.807, 2.05) is 54.2 Å². The summed E-state index contributed by atoms with van der Waals surface area (Å²) in [6, 6.07) is 9.39. The van der Waals surface area contributed by atoms with Gasteiger partial charge in [0.05, 0.1) is 13.5 Å². The number of carbonyl (C=O) groups is 2. The highest BCUT2D eigenvalue weighted by atomic mass is 16.5. The second kappa shape index (κ2) is 6.43. The van der Waals surface area contributed by atoms with Gasteiger partial charge in [0, 0.05) is 26.7 Å². The molecule has 21 heavy (non-hydrogen) atoms. The van der Waals surface area contributed by atoms with Crippen molar-refractivity contribution in [1.29, 1.82) is 0 Å². The number of ether oxygens (including phenoxy) is 1. The zero-order valence-corrected chi connectivity index (χ0v) is 12.6. The van der Waals surface area contributed by atoms with Crippen LogP contribution in [-0.4, -0.2) is 48.8 Å². The molecule has 0 radical (unpaired) electrons. The lowest BCUT2D eigenvalue weighted by atomic mass is 10.1. The third-order valence-electron chi connectivity index (χ3n) is 3.51. The smallest absolute Gasteiger partial charge is 0.308 e. The van der Waals surface area contributed by atoms with Crippen molar-refractivity contribution in [2.24, 2.45) is 0 Å². The molecule has 1 aliphatic rings. The maximum absolute atomic E-state index is 12.2. The number of hydrogen-bond donors (Lipinski definition) is 0. The molecule has 0 saturated carbocycles. The van der Waals surface area contributed by atoms with E-state index in [4.69, 9.17) is 4.74 Å². The van der Waals surface area contributed by atoms with Gasteiger partial charge >= 0.3 is 5.97 Å². The molecule has 0 fully saturated rings. The van der Waals surface area contributed by atoms with Crippen molar-refractivity contribution in [3.63, 3.8) is 0 Å². The quantitative estimate of drug-likeness (QED) is 0.767. The minimum atomic E-state index is -0.491. The molecule has 112 valence electrons. The van der Waals surface area contributed by atoms with Gasteiger partial charge in [-0.25, -0.2) is 0 Å². The minimum absolute atomic E-state index is 0.0555. The van der Waals surface area contributed by atoms with Crippen LogP contribution in [-0.2, 0) is 20.9 Å². The molecule has 0 N–H and O–H groups in total. The van der Waals surface area contributed by atoms with Gasteiger partial charge in [-0.15, -0.1) is 0 Å². The molecule has 0 saturated heterocycles. The molecule has 5 nitrogen and oxygen atoms in total. The number of rotatable bonds is 5. The fourth-order valence-electron chi connectivity index (χ4n) is 2.43. The summed E-state index contributed by atoms with van der Waals surface area (Å²) in [4.78, 5) is 27.6. The third kappa shape index (κ3) is 3.42. The molecule has 1 heterocycles. The predicted molar refractivity (Wildman–Crippen MR) is 79.2 cm³/mol. The first-order chi connectivity index (χ1) is 10.0. The zero-order chi connectivity index (χ0) is 15.4. The van der Waals surface area contributed by atoms with Crippen LogP contribution in [0.15, 0.2) is 42.2 Å². The van der Waals surface area contributed by atoms with Crippen molar-refractivity contribution in [3.8, 4) is 0 Å². The lowest BCUT2D eigenvalue weighted by Crippen LogP contribution is -2.39. The number of esters is 1. The molecule has 2 rings (SSSR count). The molecule has 1 aliphatic heterocycles. The van der Waals surface area contributed by atoms with Crippen LogP contribution in [0.2, 0.25) is 0 Å². The van der Waals surface area contributed by atoms with Crippen LogP contribution in [0, 0.1) is 0 Å². The molecule has 0 spiro atoms. The summed E-state index contributed by atoms with van der Waals surface area (Å²) in [5, 5.41) is 0. The molecular formula is C16H20N2O3. The maximum atomic E-state index is 12.2. The van der Waals surface area contributed by atoms with Crippen molar-refractivity contribution < 1.29 is 14.3 Å². The Hall–Kier alpha value is -2.30. The Labute approximate surface area is 124 Å². The minimum Gasteiger partial charge on any atom is -0.469 e. The van der Waals surface area contributed by atoms with Gasteiger partial charge < -0.3 is 14.5 Å². The van der Waals surface area contributed by atoms with E-state index in [1.165, 1.54) is 7.11 Å². The first-order valence-corrected chi connectivity index (χ1v) is 6.83. The highest BCUT2D eigenvalue weighted by molar-refractivity contribution is 5.99. The number of nitrogens with zero attached hydrogens (tertiary/aromatic N) is 2. The monoisotopic (exact) mass is 288 g/mol. The fraction of sp³-hybridized carbons (Fsp3) is 0.375. The second-order valence-electron chi connectivity index (χ2n) is 5.21. The molecule has 0 bridgehead atoms. The fourth-order valence-corrected chi connectivity index (χ4v) is 2.43. The molecule has 1 aromatic carbocycles. The maximum Gasteiger partial charge on any atom is 0.308 e. The number of ketones is 1. The summed E-state index contributed by atoms with van der Waals surface area (Å²) in [5.41, 5.74) is 1.09. The van der Waals surface area contributed by atoms with Crippen LogP contribution in [0.1, 0.15) is 12.0 Å². The summed E-state index contributed by atoms with van der Waals surface area (Å²) in [5.74, 6) is 0.387. The van der Waals surface area contributed by atoms with Crippen LogP contribution in [0.3, 0.4) is 0 Å². The predicted octanol–water partition coefficient (Wildman–Crippen LogP) is 1.41. The van der Waals surface area contributed by atoms with E-state index in [2.05, 4.69) is 0 Å². The Morgan fingerprint density at radius 2 is 1.95 bits per heavy atom. The summed E-state index contributed by atoms with van der Waals surface area (Å²) in [7, 11) is 5.11. The molecule has 1 aromatic rings. The van der Waals surface area contributed by atoms with E-state index in [1.54, 1.807) is 6.08 Å². The summed E-state index contributed by atoms with van der Waals surface area (Å²) in [6.07, 6.45) is 1.66. The van der Waals surface area contributed by atoms with E-state index in [0.29, 0.717) is 6.54 Å². The van der Waals surface area contributed by atoms with Gasteiger partial charge in [-0.1, -0.05) is 30.3 Å². The summed E-state index contributed by atoms with van der Waals surface area (Å²) >= 11 is 0. The molecule has 0 aliphatic carbocycles. The third-order valence-corrected chi connectivity index (χ3v) is 3.51. The Morgan fingerprint density at radius 1 is 1.29 bits per heavy atom. The first kappa shape index (κ1) is 15.1. The van der Waals surface area contributed by atoms with Gasteiger partial charge in [-0.3, -0.25) is 9.59 Å². The van der Waals surface area contributed by atoms with Gasteiger partial charge in [-0.2, -0.15) is 0 Å². The molecule has 1 unspecified atom stereocenters. The summed E-state index contributed by atoms with van der Waals surface area (Å²) in [6.45, 7) is 0.582. The number of methoxy groups -OCH3 is 1. The van der Waals surface area contributed by atoms with Crippen LogP contribution in [0.4, 0.5) is 0 Å². The van der Waals surface area contributed by atoms with Crippen LogP contribution in [0.25, 0.3) is 0 Å². The standard InChI is InChI=1S/C16H20N2O3/c1-17(2)15-10-14(19)13(9-16(20)21-3)18(15)11-12-7-5-4-6-8-12/h4-8,10,13H,9,11H2,1-3H3. The van der Waals surface area contributed by atoms with Crippen molar-refractivity contribution in [1.82, 2.24) is 9.80 Å². The van der Waals surface area contributed by atoms with Crippen LogP contribution < -0.4 is 0 Å². The van der Waals surface area contributed by atoms with Crippen LogP contribution >= 0.6 is 0 Å². The van der Waals surface area contributed by atoms with Gasteiger partial charge in [0.15, 0.2) is 5.78 Å². The number of hydrogen-bond acceptors (Lipinski definition) is 5. The largest absolute Gasteiger partial charge is 0.469 e. The highest BCUT2D eigenvalue weighted by Gasteiger charge is 2.35. The number of carbonyl (C=O) groups excluding carboxylic acids is 2. The van der Waals surface area contributed by atoms with Crippen molar-refractivity contribution in [2.45, 2.75) is 19.0 Å². The van der Waals surface area contributed by atoms with Gasteiger partial charge in [0.1, 0.15) is 11.9 Å².